The molecule has 1 unspecified atom stereocenters. The minimum Gasteiger partial charge on any atom is -0.445 e. The topological polar surface area (TPSA) is 88.7 Å². The maximum Gasteiger partial charge on any atom is 0.573 e. The van der Waals surface area contributed by atoms with Crippen molar-refractivity contribution in [2.45, 2.75) is 19.5 Å². The molecule has 4 rings (SSSR count). The maximum absolute atomic E-state index is 12.3. The van der Waals surface area contributed by atoms with Crippen molar-refractivity contribution in [2.75, 3.05) is 13.2 Å². The second-order valence-electron chi connectivity index (χ2n) is 7.25. The van der Waals surface area contributed by atoms with Crippen molar-refractivity contribution in [2.24, 2.45) is 5.92 Å². The van der Waals surface area contributed by atoms with Crippen LogP contribution in [0.4, 0.5) is 19.0 Å². The average Bonchev–Trinajstić information content (AvgIpc) is 3.18. The summed E-state index contributed by atoms with van der Waals surface area (Å²) in [6.45, 7) is 1.66. The highest BCUT2D eigenvalue weighted by atomic mass is 19.4. The summed E-state index contributed by atoms with van der Waals surface area (Å²) >= 11 is 0. The average molecular weight is 449 g/mol. The first-order valence-electron chi connectivity index (χ1n) is 9.64. The monoisotopic (exact) mass is 449 g/mol. The number of hydrogen-bond acceptors (Lipinski definition) is 6. The molecule has 1 atom stereocenters. The van der Waals surface area contributed by atoms with Crippen LogP contribution in [0.25, 0.3) is 11.1 Å². The Balaban J connectivity index is 1.27. The van der Waals surface area contributed by atoms with Gasteiger partial charge in [-0.1, -0.05) is 36.4 Å². The van der Waals surface area contributed by atoms with Gasteiger partial charge in [0, 0.05) is 17.4 Å². The van der Waals surface area contributed by atoms with Crippen molar-refractivity contribution in [3.05, 3.63) is 70.4 Å². The highest BCUT2D eigenvalue weighted by molar-refractivity contribution is 5.64. The van der Waals surface area contributed by atoms with E-state index in [1.165, 1.54) is 18.3 Å². The zero-order chi connectivity index (χ0) is 22.7. The van der Waals surface area contributed by atoms with Crippen molar-refractivity contribution < 1.29 is 32.3 Å². The lowest BCUT2D eigenvalue weighted by atomic mass is 10.0. The largest absolute Gasteiger partial charge is 0.573 e. The first-order valence-corrected chi connectivity index (χ1v) is 9.64. The number of nitrogens with zero attached hydrogens (tertiary/aromatic N) is 3. The quantitative estimate of drug-likeness (QED) is 0.388. The molecule has 32 heavy (non-hydrogen) atoms. The molecule has 1 aliphatic heterocycles. The molecule has 3 aromatic rings. The molecule has 2 heterocycles. The predicted octanol–water partition coefficient (Wildman–Crippen LogP) is 4.58. The van der Waals surface area contributed by atoms with Gasteiger partial charge in [0.25, 0.3) is 0 Å². The van der Waals surface area contributed by atoms with Gasteiger partial charge in [0.2, 0.25) is 0 Å². The summed E-state index contributed by atoms with van der Waals surface area (Å²) in [5.74, 6) is -0.479. The first-order chi connectivity index (χ1) is 15.3. The van der Waals surface area contributed by atoms with Gasteiger partial charge in [-0.15, -0.1) is 13.2 Å². The van der Waals surface area contributed by atoms with Gasteiger partial charge in [0.1, 0.15) is 18.6 Å². The molecule has 1 aromatic heterocycles. The second kappa shape index (κ2) is 8.87. The van der Waals surface area contributed by atoms with Crippen LogP contribution in [-0.4, -0.2) is 34.1 Å². The number of halogens is 3. The number of hydrogen-bond donors (Lipinski definition) is 0. The Labute approximate surface area is 180 Å². The number of fused-ring (bicyclic) bond motifs is 1. The van der Waals surface area contributed by atoms with Crippen LogP contribution < -0.4 is 9.47 Å². The number of rotatable bonds is 7. The third-order valence-electron chi connectivity index (χ3n) is 4.81. The van der Waals surface area contributed by atoms with Gasteiger partial charge < -0.3 is 24.3 Å². The van der Waals surface area contributed by atoms with Crippen molar-refractivity contribution in [3.63, 3.8) is 0 Å². The SMILES string of the molecule is O=[N+]([O-])c1cn2c(n1)OCC(COCc1ccc(-c3ccc(OC(F)(F)F)cc3)cc1)C2. The lowest BCUT2D eigenvalue weighted by Crippen LogP contribution is -2.28. The summed E-state index contributed by atoms with van der Waals surface area (Å²) in [6.07, 6.45) is -3.37. The fourth-order valence-corrected chi connectivity index (χ4v) is 3.33. The van der Waals surface area contributed by atoms with Crippen LogP contribution in [0.1, 0.15) is 5.56 Å². The highest BCUT2D eigenvalue weighted by Gasteiger charge is 2.31. The van der Waals surface area contributed by atoms with E-state index in [0.29, 0.717) is 26.4 Å². The molecule has 0 N–H and O–H groups in total. The van der Waals surface area contributed by atoms with E-state index in [1.54, 1.807) is 16.7 Å². The predicted molar refractivity (Wildman–Crippen MR) is 106 cm³/mol. The summed E-state index contributed by atoms with van der Waals surface area (Å²) in [6, 6.07) is 13.4. The summed E-state index contributed by atoms with van der Waals surface area (Å²) in [4.78, 5) is 14.1. The molecule has 11 heteroatoms. The molecule has 0 bridgehead atoms. The molecule has 0 aliphatic carbocycles. The van der Waals surface area contributed by atoms with Gasteiger partial charge in [0.15, 0.2) is 0 Å². The number of alkyl halides is 3. The smallest absolute Gasteiger partial charge is 0.445 e. The van der Waals surface area contributed by atoms with Gasteiger partial charge in [-0.05, 0) is 33.7 Å². The molecule has 0 radical (unpaired) electrons. The number of nitro groups is 1. The van der Waals surface area contributed by atoms with Crippen LogP contribution in [0.2, 0.25) is 0 Å². The summed E-state index contributed by atoms with van der Waals surface area (Å²) < 4.78 is 53.5. The van der Waals surface area contributed by atoms with Gasteiger partial charge in [-0.3, -0.25) is 4.57 Å². The lowest BCUT2D eigenvalue weighted by molar-refractivity contribution is -0.389. The van der Waals surface area contributed by atoms with E-state index in [9.17, 15) is 23.3 Å². The standard InChI is InChI=1S/C21H18F3N3O5/c22-21(23,24)32-18-7-5-17(6-8-18)16-3-1-14(2-4-16)11-30-12-15-9-26-10-19(27(28)29)25-20(26)31-13-15/h1-8,10,15H,9,11-13H2. The zero-order valence-electron chi connectivity index (χ0n) is 16.6. The van der Waals surface area contributed by atoms with E-state index >= 15 is 0 Å². The van der Waals surface area contributed by atoms with E-state index < -0.39 is 11.3 Å². The van der Waals surface area contributed by atoms with E-state index in [2.05, 4.69) is 9.72 Å². The van der Waals surface area contributed by atoms with E-state index in [-0.39, 0.29) is 23.5 Å². The van der Waals surface area contributed by atoms with E-state index in [4.69, 9.17) is 9.47 Å². The Morgan fingerprint density at radius 3 is 2.41 bits per heavy atom. The first kappa shape index (κ1) is 21.6. The highest BCUT2D eigenvalue weighted by Crippen LogP contribution is 2.27. The molecular weight excluding hydrogens is 431 g/mol. The third kappa shape index (κ3) is 5.35. The minimum absolute atomic E-state index is 0.0352. The van der Waals surface area contributed by atoms with Gasteiger partial charge in [-0.2, -0.15) is 0 Å². The van der Waals surface area contributed by atoms with Gasteiger partial charge in [0.05, 0.1) is 13.2 Å². The van der Waals surface area contributed by atoms with Crippen LogP contribution in [0, 0.1) is 16.0 Å². The molecule has 0 spiro atoms. The van der Waals surface area contributed by atoms with E-state index in [0.717, 1.165) is 16.7 Å². The van der Waals surface area contributed by atoms with Crippen molar-refractivity contribution >= 4 is 5.82 Å². The number of imidazole rings is 1. The summed E-state index contributed by atoms with van der Waals surface area (Å²) in [7, 11) is 0. The zero-order valence-corrected chi connectivity index (χ0v) is 16.6. The third-order valence-corrected chi connectivity index (χ3v) is 4.81. The van der Waals surface area contributed by atoms with Crippen molar-refractivity contribution in [3.8, 4) is 22.9 Å². The summed E-state index contributed by atoms with van der Waals surface area (Å²) in [5, 5.41) is 10.8. The number of benzene rings is 2. The molecule has 8 nitrogen and oxygen atoms in total. The number of aromatic nitrogens is 2. The molecule has 0 saturated heterocycles. The van der Waals surface area contributed by atoms with Crippen LogP contribution in [-0.2, 0) is 17.9 Å². The minimum atomic E-state index is -4.72. The lowest BCUT2D eigenvalue weighted by Gasteiger charge is -2.21. The van der Waals surface area contributed by atoms with E-state index in [1.807, 2.05) is 24.3 Å². The molecule has 0 saturated carbocycles. The molecule has 0 amide bonds. The van der Waals surface area contributed by atoms with Crippen LogP contribution >= 0.6 is 0 Å². The molecule has 168 valence electrons. The van der Waals surface area contributed by atoms with Crippen LogP contribution in [0.15, 0.2) is 54.7 Å². The van der Waals surface area contributed by atoms with Crippen molar-refractivity contribution in [1.29, 1.82) is 0 Å². The normalized spacial score (nSPS) is 15.7. The van der Waals surface area contributed by atoms with Crippen LogP contribution in [0.5, 0.6) is 11.8 Å². The fourth-order valence-electron chi connectivity index (χ4n) is 3.33. The Hall–Kier alpha value is -3.60. The maximum atomic E-state index is 12.3. The Kier molecular flexibility index (Phi) is 5.99. The fraction of sp³-hybridized carbons (Fsp3) is 0.286. The van der Waals surface area contributed by atoms with Crippen LogP contribution in [0.3, 0.4) is 0 Å². The molecule has 2 aromatic carbocycles. The van der Waals surface area contributed by atoms with Gasteiger partial charge in [-0.25, -0.2) is 0 Å². The Morgan fingerprint density at radius 2 is 1.78 bits per heavy atom. The van der Waals surface area contributed by atoms with Crippen molar-refractivity contribution in [1.82, 2.24) is 9.55 Å². The van der Waals surface area contributed by atoms with Gasteiger partial charge >= 0.3 is 18.2 Å². The Morgan fingerprint density at radius 1 is 1.12 bits per heavy atom. The Bertz CT molecular complexity index is 1080. The summed E-state index contributed by atoms with van der Waals surface area (Å²) in [5.41, 5.74) is 2.54. The molecule has 1 aliphatic rings. The molecular formula is C21H18F3N3O5. The number of ether oxygens (including phenoxy) is 3. The molecule has 0 fully saturated rings. The second-order valence-corrected chi connectivity index (χ2v) is 7.25.